The van der Waals surface area contributed by atoms with E-state index in [2.05, 4.69) is 20.8 Å². The molecule has 0 N–H and O–H groups in total. The number of carbonyl (C=O) groups excluding carboxylic acids is 1. The molecule has 0 aliphatic rings. The number of benzene rings is 1. The van der Waals surface area contributed by atoms with E-state index in [1.807, 2.05) is 12.1 Å². The minimum absolute atomic E-state index is 0.0718. The van der Waals surface area contributed by atoms with Crippen molar-refractivity contribution in [3.05, 3.63) is 29.8 Å². The summed E-state index contributed by atoms with van der Waals surface area (Å²) in [7, 11) is 0. The highest BCUT2D eigenvalue weighted by Gasteiger charge is 2.21. The highest BCUT2D eigenvalue weighted by molar-refractivity contribution is 5.74. The maximum absolute atomic E-state index is 10.8. The first kappa shape index (κ1) is 13.6. The fourth-order valence-electron chi connectivity index (χ4n) is 1.36. The molecule has 0 unspecified atom stereocenters. The molecule has 0 heterocycles. The summed E-state index contributed by atoms with van der Waals surface area (Å²) in [6, 6.07) is 7.46. The quantitative estimate of drug-likeness (QED) is 0.804. The first-order valence-electron chi connectivity index (χ1n) is 5.64. The van der Waals surface area contributed by atoms with E-state index >= 15 is 0 Å². The van der Waals surface area contributed by atoms with Gasteiger partial charge in [-0.3, -0.25) is 0 Å². The first-order chi connectivity index (χ1) is 7.63. The van der Waals surface area contributed by atoms with Crippen LogP contribution < -0.4 is 9.84 Å². The predicted molar refractivity (Wildman–Crippen MR) is 64.9 cm³/mol. The minimum Gasteiger partial charge on any atom is -0.546 e. The molecule has 0 fully saturated rings. The zero-order chi connectivity index (χ0) is 13.3. The lowest BCUT2D eigenvalue weighted by Gasteiger charge is -2.27. The van der Waals surface area contributed by atoms with Gasteiger partial charge in [0.1, 0.15) is 11.4 Å². The zero-order valence-corrected chi connectivity index (χ0v) is 11.0. The standard InChI is InChI=1S/C14H20O3/c1-13(2,3)10-6-8-11(9-7-10)17-14(4,5)12(15)16/h6-9H,1-5H3,(H,15,16)/p-1. The monoisotopic (exact) mass is 235 g/mol. The van der Waals surface area contributed by atoms with E-state index in [0.29, 0.717) is 5.75 Å². The summed E-state index contributed by atoms with van der Waals surface area (Å²) < 4.78 is 5.37. The number of hydrogen-bond donors (Lipinski definition) is 0. The normalized spacial score (nSPS) is 12.3. The Kier molecular flexibility index (Phi) is 3.51. The fraction of sp³-hybridized carbons (Fsp3) is 0.500. The van der Waals surface area contributed by atoms with E-state index in [0.717, 1.165) is 0 Å². The van der Waals surface area contributed by atoms with Crippen molar-refractivity contribution >= 4 is 5.97 Å². The second kappa shape index (κ2) is 4.40. The topological polar surface area (TPSA) is 49.4 Å². The van der Waals surface area contributed by atoms with Crippen molar-refractivity contribution in [2.45, 2.75) is 45.6 Å². The summed E-state index contributed by atoms with van der Waals surface area (Å²) in [6.45, 7) is 9.30. The Morgan fingerprint density at radius 1 is 1.06 bits per heavy atom. The highest BCUT2D eigenvalue weighted by atomic mass is 16.5. The lowest BCUT2D eigenvalue weighted by atomic mass is 9.87. The Balaban J connectivity index is 2.86. The average molecular weight is 235 g/mol. The third-order valence-electron chi connectivity index (χ3n) is 2.58. The van der Waals surface area contributed by atoms with Crippen molar-refractivity contribution in [3.63, 3.8) is 0 Å². The van der Waals surface area contributed by atoms with Gasteiger partial charge in [-0.2, -0.15) is 0 Å². The molecule has 0 aliphatic carbocycles. The summed E-state index contributed by atoms with van der Waals surface area (Å²) in [5, 5.41) is 10.8. The maximum atomic E-state index is 10.8. The summed E-state index contributed by atoms with van der Waals surface area (Å²) in [6.07, 6.45) is 0. The van der Waals surface area contributed by atoms with Gasteiger partial charge in [0.05, 0.1) is 5.97 Å². The van der Waals surface area contributed by atoms with Gasteiger partial charge >= 0.3 is 0 Å². The molecule has 0 spiro atoms. The molecule has 0 saturated heterocycles. The first-order valence-corrected chi connectivity index (χ1v) is 5.64. The Hall–Kier alpha value is -1.51. The Morgan fingerprint density at radius 3 is 1.88 bits per heavy atom. The van der Waals surface area contributed by atoms with Crippen LogP contribution in [0.3, 0.4) is 0 Å². The van der Waals surface area contributed by atoms with E-state index in [1.54, 1.807) is 12.1 Å². The van der Waals surface area contributed by atoms with Crippen LogP contribution in [0.2, 0.25) is 0 Å². The number of carboxylic acid groups (broad SMARTS) is 1. The predicted octanol–water partition coefficient (Wildman–Crippen LogP) is 1.89. The van der Waals surface area contributed by atoms with Crippen molar-refractivity contribution < 1.29 is 14.6 Å². The van der Waals surface area contributed by atoms with Crippen LogP contribution >= 0.6 is 0 Å². The molecule has 1 aromatic carbocycles. The van der Waals surface area contributed by atoms with Gasteiger partial charge in [-0.1, -0.05) is 32.9 Å². The third kappa shape index (κ3) is 3.48. The van der Waals surface area contributed by atoms with E-state index in [1.165, 1.54) is 19.4 Å². The van der Waals surface area contributed by atoms with Crippen molar-refractivity contribution in [2.24, 2.45) is 0 Å². The van der Waals surface area contributed by atoms with Crippen LogP contribution in [0.4, 0.5) is 0 Å². The van der Waals surface area contributed by atoms with Gasteiger partial charge in [0.15, 0.2) is 0 Å². The second-order valence-corrected chi connectivity index (χ2v) is 5.67. The van der Waals surface area contributed by atoms with Crippen LogP contribution in [0.15, 0.2) is 24.3 Å². The lowest BCUT2D eigenvalue weighted by molar-refractivity contribution is -0.320. The molecule has 17 heavy (non-hydrogen) atoms. The van der Waals surface area contributed by atoms with Crippen LogP contribution in [-0.2, 0) is 10.2 Å². The Bertz CT molecular complexity index is 396. The molecule has 1 rings (SSSR count). The average Bonchev–Trinajstić information content (AvgIpc) is 2.16. The maximum Gasteiger partial charge on any atom is 0.143 e. The second-order valence-electron chi connectivity index (χ2n) is 5.67. The van der Waals surface area contributed by atoms with Gasteiger partial charge in [0, 0.05) is 0 Å². The molecule has 0 amide bonds. The summed E-state index contributed by atoms with van der Waals surface area (Å²) in [5.41, 5.74) is -0.0674. The van der Waals surface area contributed by atoms with Crippen LogP contribution in [0.25, 0.3) is 0 Å². The highest BCUT2D eigenvalue weighted by Crippen LogP contribution is 2.25. The molecular weight excluding hydrogens is 216 g/mol. The van der Waals surface area contributed by atoms with Crippen LogP contribution in [0, 0.1) is 0 Å². The van der Waals surface area contributed by atoms with Gasteiger partial charge in [0.2, 0.25) is 0 Å². The van der Waals surface area contributed by atoms with Gasteiger partial charge in [-0.25, -0.2) is 0 Å². The van der Waals surface area contributed by atoms with E-state index in [4.69, 9.17) is 4.74 Å². The molecule has 0 saturated carbocycles. The van der Waals surface area contributed by atoms with Crippen molar-refractivity contribution in [3.8, 4) is 5.75 Å². The van der Waals surface area contributed by atoms with E-state index in [-0.39, 0.29) is 5.41 Å². The van der Waals surface area contributed by atoms with Crippen LogP contribution in [0.1, 0.15) is 40.2 Å². The molecule has 0 aromatic heterocycles. The molecule has 94 valence electrons. The Labute approximate surface area is 102 Å². The molecule has 0 aliphatic heterocycles. The number of hydrogen-bond acceptors (Lipinski definition) is 3. The number of carboxylic acids is 1. The lowest BCUT2D eigenvalue weighted by Crippen LogP contribution is -2.47. The smallest absolute Gasteiger partial charge is 0.143 e. The number of carbonyl (C=O) groups is 1. The number of aliphatic carboxylic acids is 1. The van der Waals surface area contributed by atoms with Gasteiger partial charge in [0.25, 0.3) is 0 Å². The number of ether oxygens (including phenoxy) is 1. The van der Waals surface area contributed by atoms with Gasteiger partial charge in [-0.15, -0.1) is 0 Å². The van der Waals surface area contributed by atoms with Crippen molar-refractivity contribution in [1.82, 2.24) is 0 Å². The van der Waals surface area contributed by atoms with Gasteiger partial charge in [-0.05, 0) is 37.0 Å². The van der Waals surface area contributed by atoms with Crippen molar-refractivity contribution in [2.75, 3.05) is 0 Å². The fourth-order valence-corrected chi connectivity index (χ4v) is 1.36. The SMILES string of the molecule is CC(C)(Oc1ccc(C(C)(C)C)cc1)C(=O)[O-]. The van der Waals surface area contributed by atoms with Crippen LogP contribution in [-0.4, -0.2) is 11.6 Å². The molecule has 3 nitrogen and oxygen atoms in total. The summed E-state index contributed by atoms with van der Waals surface area (Å²) in [5.74, 6) is -0.690. The molecule has 3 heteroatoms. The van der Waals surface area contributed by atoms with Crippen LogP contribution in [0.5, 0.6) is 5.75 Å². The van der Waals surface area contributed by atoms with Crippen molar-refractivity contribution in [1.29, 1.82) is 0 Å². The summed E-state index contributed by atoms with van der Waals surface area (Å²) >= 11 is 0. The molecular formula is C14H19O3-. The molecule has 0 bridgehead atoms. The van der Waals surface area contributed by atoms with Gasteiger partial charge < -0.3 is 14.6 Å². The largest absolute Gasteiger partial charge is 0.546 e. The molecule has 0 atom stereocenters. The molecule has 1 aromatic rings. The van der Waals surface area contributed by atoms with E-state index in [9.17, 15) is 9.90 Å². The van der Waals surface area contributed by atoms with E-state index < -0.39 is 11.6 Å². The summed E-state index contributed by atoms with van der Waals surface area (Å²) in [4.78, 5) is 10.8. The zero-order valence-electron chi connectivity index (χ0n) is 11.0. The Morgan fingerprint density at radius 2 is 1.53 bits per heavy atom. The molecule has 0 radical (unpaired) electrons. The third-order valence-corrected chi connectivity index (χ3v) is 2.58. The minimum atomic E-state index is -1.32. The number of rotatable bonds is 3.